The standard InChI is InChI=1S/C15H11F3N2O3/c16-15(17,18)10-3-1-9(2-4-10)8-19-20-14(23)12-6-5-11(21)7-13(12)22/h1-8,21-22H,(H,20,23)/b19-8+. The smallest absolute Gasteiger partial charge is 0.416 e. The molecule has 0 unspecified atom stereocenters. The molecule has 0 heterocycles. The van der Waals surface area contributed by atoms with E-state index >= 15 is 0 Å². The Morgan fingerprint density at radius 1 is 1.09 bits per heavy atom. The molecule has 0 radical (unpaired) electrons. The van der Waals surface area contributed by atoms with Crippen LogP contribution in [0, 0.1) is 0 Å². The van der Waals surface area contributed by atoms with E-state index in [1.165, 1.54) is 24.3 Å². The summed E-state index contributed by atoms with van der Waals surface area (Å²) in [4.78, 5) is 11.7. The fourth-order valence-corrected chi connectivity index (χ4v) is 1.70. The number of aromatic hydroxyl groups is 2. The Bertz CT molecular complexity index is 741. The highest BCUT2D eigenvalue weighted by Gasteiger charge is 2.29. The molecule has 23 heavy (non-hydrogen) atoms. The molecule has 2 aromatic carbocycles. The first kappa shape index (κ1) is 16.3. The molecule has 0 saturated carbocycles. The lowest BCUT2D eigenvalue weighted by Crippen LogP contribution is -2.17. The maximum Gasteiger partial charge on any atom is 0.416 e. The van der Waals surface area contributed by atoms with E-state index in [9.17, 15) is 23.1 Å². The zero-order valence-electron chi connectivity index (χ0n) is 11.5. The van der Waals surface area contributed by atoms with Crippen molar-refractivity contribution in [3.8, 4) is 11.5 Å². The van der Waals surface area contributed by atoms with Crippen LogP contribution in [0.5, 0.6) is 11.5 Å². The van der Waals surface area contributed by atoms with Gasteiger partial charge in [0.15, 0.2) is 0 Å². The van der Waals surface area contributed by atoms with Gasteiger partial charge in [0.2, 0.25) is 0 Å². The Hall–Kier alpha value is -3.03. The van der Waals surface area contributed by atoms with Crippen LogP contribution >= 0.6 is 0 Å². The molecule has 0 aromatic heterocycles. The molecule has 120 valence electrons. The second kappa shape index (κ2) is 6.39. The van der Waals surface area contributed by atoms with Crippen LogP contribution in [0.3, 0.4) is 0 Å². The van der Waals surface area contributed by atoms with Gasteiger partial charge in [0.1, 0.15) is 11.5 Å². The molecule has 1 amide bonds. The number of rotatable bonds is 3. The van der Waals surface area contributed by atoms with Crippen LogP contribution in [-0.2, 0) is 6.18 Å². The molecule has 0 fully saturated rings. The average molecular weight is 324 g/mol. The van der Waals surface area contributed by atoms with Crippen LogP contribution in [0.2, 0.25) is 0 Å². The fraction of sp³-hybridized carbons (Fsp3) is 0.0667. The number of hydrazone groups is 1. The Labute approximate surface area is 128 Å². The zero-order chi connectivity index (χ0) is 17.0. The van der Waals surface area contributed by atoms with Crippen LogP contribution < -0.4 is 5.43 Å². The van der Waals surface area contributed by atoms with E-state index in [1.54, 1.807) is 0 Å². The number of phenols is 2. The summed E-state index contributed by atoms with van der Waals surface area (Å²) in [5.41, 5.74) is 1.59. The van der Waals surface area contributed by atoms with Gasteiger partial charge in [-0.2, -0.15) is 18.3 Å². The van der Waals surface area contributed by atoms with E-state index in [1.807, 2.05) is 0 Å². The van der Waals surface area contributed by atoms with Crippen molar-refractivity contribution in [3.63, 3.8) is 0 Å². The van der Waals surface area contributed by atoms with Crippen LogP contribution in [-0.4, -0.2) is 22.3 Å². The van der Waals surface area contributed by atoms with Gasteiger partial charge in [-0.25, -0.2) is 5.43 Å². The maximum atomic E-state index is 12.4. The summed E-state index contributed by atoms with van der Waals surface area (Å²) < 4.78 is 37.2. The molecule has 0 saturated heterocycles. The lowest BCUT2D eigenvalue weighted by molar-refractivity contribution is -0.137. The number of benzene rings is 2. The van der Waals surface area contributed by atoms with Gasteiger partial charge in [-0.3, -0.25) is 4.79 Å². The predicted octanol–water partition coefficient (Wildman–Crippen LogP) is 2.88. The Balaban J connectivity index is 2.02. The normalized spacial score (nSPS) is 11.6. The number of halogens is 3. The molecule has 2 rings (SSSR count). The predicted molar refractivity (Wildman–Crippen MR) is 76.3 cm³/mol. The summed E-state index contributed by atoms with van der Waals surface area (Å²) in [5.74, 6) is -1.36. The summed E-state index contributed by atoms with van der Waals surface area (Å²) in [7, 11) is 0. The topological polar surface area (TPSA) is 81.9 Å². The van der Waals surface area contributed by atoms with Crippen molar-refractivity contribution in [2.75, 3.05) is 0 Å². The van der Waals surface area contributed by atoms with E-state index in [0.717, 1.165) is 24.4 Å². The number of alkyl halides is 3. The number of amides is 1. The summed E-state index contributed by atoms with van der Waals surface area (Å²) >= 11 is 0. The highest BCUT2D eigenvalue weighted by atomic mass is 19.4. The molecular formula is C15H11F3N2O3. The van der Waals surface area contributed by atoms with Gasteiger partial charge in [-0.05, 0) is 29.8 Å². The minimum atomic E-state index is -4.42. The van der Waals surface area contributed by atoms with Crippen molar-refractivity contribution < 1.29 is 28.2 Å². The first-order valence-electron chi connectivity index (χ1n) is 6.30. The third-order valence-electron chi connectivity index (χ3n) is 2.84. The largest absolute Gasteiger partial charge is 0.508 e. The lowest BCUT2D eigenvalue weighted by Gasteiger charge is -2.06. The van der Waals surface area contributed by atoms with E-state index in [-0.39, 0.29) is 11.3 Å². The van der Waals surface area contributed by atoms with Crippen molar-refractivity contribution >= 4 is 12.1 Å². The van der Waals surface area contributed by atoms with E-state index in [2.05, 4.69) is 10.5 Å². The highest BCUT2D eigenvalue weighted by Crippen LogP contribution is 2.28. The van der Waals surface area contributed by atoms with Gasteiger partial charge in [-0.1, -0.05) is 12.1 Å². The van der Waals surface area contributed by atoms with Gasteiger partial charge < -0.3 is 10.2 Å². The molecule has 0 aliphatic rings. The number of phenolic OH excluding ortho intramolecular Hbond substituents is 2. The van der Waals surface area contributed by atoms with E-state index < -0.39 is 23.4 Å². The van der Waals surface area contributed by atoms with Crippen molar-refractivity contribution in [2.45, 2.75) is 6.18 Å². The molecule has 2 aromatic rings. The fourth-order valence-electron chi connectivity index (χ4n) is 1.70. The van der Waals surface area contributed by atoms with Gasteiger partial charge >= 0.3 is 6.18 Å². The van der Waals surface area contributed by atoms with Crippen LogP contribution in [0.25, 0.3) is 0 Å². The number of nitrogens with one attached hydrogen (secondary N) is 1. The summed E-state index contributed by atoms with van der Waals surface area (Å²) in [5, 5.41) is 22.2. The Morgan fingerprint density at radius 2 is 1.74 bits per heavy atom. The van der Waals surface area contributed by atoms with Crippen molar-refractivity contribution in [1.29, 1.82) is 0 Å². The number of hydrogen-bond acceptors (Lipinski definition) is 4. The van der Waals surface area contributed by atoms with Crippen LogP contribution in [0.1, 0.15) is 21.5 Å². The molecule has 0 atom stereocenters. The molecule has 3 N–H and O–H groups in total. The SMILES string of the molecule is O=C(N/N=C/c1ccc(C(F)(F)F)cc1)c1ccc(O)cc1O. The van der Waals surface area contributed by atoms with Crippen LogP contribution in [0.4, 0.5) is 13.2 Å². The van der Waals surface area contributed by atoms with E-state index in [0.29, 0.717) is 5.56 Å². The van der Waals surface area contributed by atoms with Gasteiger partial charge in [0.25, 0.3) is 5.91 Å². The first-order valence-corrected chi connectivity index (χ1v) is 6.30. The van der Waals surface area contributed by atoms with E-state index in [4.69, 9.17) is 5.11 Å². The number of carbonyl (C=O) groups excluding carboxylic acids is 1. The second-order valence-corrected chi connectivity index (χ2v) is 4.52. The van der Waals surface area contributed by atoms with Gasteiger partial charge in [-0.15, -0.1) is 0 Å². The summed E-state index contributed by atoms with van der Waals surface area (Å²) in [6.07, 6.45) is -3.25. The Kier molecular flexibility index (Phi) is 4.54. The average Bonchev–Trinajstić information content (AvgIpc) is 2.46. The third kappa shape index (κ3) is 4.22. The lowest BCUT2D eigenvalue weighted by atomic mass is 10.1. The minimum absolute atomic E-state index is 0.104. The minimum Gasteiger partial charge on any atom is -0.508 e. The first-order chi connectivity index (χ1) is 10.8. The molecule has 0 bridgehead atoms. The number of hydrogen-bond donors (Lipinski definition) is 3. The Morgan fingerprint density at radius 3 is 2.30 bits per heavy atom. The second-order valence-electron chi connectivity index (χ2n) is 4.52. The summed E-state index contributed by atoms with van der Waals surface area (Å²) in [6, 6.07) is 7.62. The number of carbonyl (C=O) groups is 1. The molecule has 0 spiro atoms. The maximum absolute atomic E-state index is 12.4. The number of nitrogens with zero attached hydrogens (tertiary/aromatic N) is 1. The van der Waals surface area contributed by atoms with Gasteiger partial charge in [0, 0.05) is 6.07 Å². The molecule has 5 nitrogen and oxygen atoms in total. The highest BCUT2D eigenvalue weighted by molar-refractivity contribution is 5.97. The van der Waals surface area contributed by atoms with Crippen molar-refractivity contribution in [3.05, 3.63) is 59.2 Å². The van der Waals surface area contributed by atoms with Crippen LogP contribution in [0.15, 0.2) is 47.6 Å². The van der Waals surface area contributed by atoms with Gasteiger partial charge in [0.05, 0.1) is 17.3 Å². The zero-order valence-corrected chi connectivity index (χ0v) is 11.5. The third-order valence-corrected chi connectivity index (χ3v) is 2.84. The quantitative estimate of drug-likeness (QED) is 0.600. The van der Waals surface area contributed by atoms with Crippen molar-refractivity contribution in [1.82, 2.24) is 5.43 Å². The van der Waals surface area contributed by atoms with Crippen molar-refractivity contribution in [2.24, 2.45) is 5.10 Å². The molecule has 0 aliphatic carbocycles. The molecular weight excluding hydrogens is 313 g/mol. The summed E-state index contributed by atoms with van der Waals surface area (Å²) in [6.45, 7) is 0. The molecule has 8 heteroatoms. The molecule has 0 aliphatic heterocycles. The monoisotopic (exact) mass is 324 g/mol.